The lowest BCUT2D eigenvalue weighted by Gasteiger charge is -2.51. The van der Waals surface area contributed by atoms with Gasteiger partial charge in [-0.2, -0.15) is 0 Å². The highest BCUT2D eigenvalue weighted by molar-refractivity contribution is 5.72. The Morgan fingerprint density at radius 3 is 2.58 bits per heavy atom. The van der Waals surface area contributed by atoms with Crippen LogP contribution in [0.3, 0.4) is 0 Å². The van der Waals surface area contributed by atoms with Gasteiger partial charge >= 0.3 is 18.0 Å². The predicted molar refractivity (Wildman–Crippen MR) is 94.1 cm³/mol. The zero-order valence-corrected chi connectivity index (χ0v) is 15.9. The van der Waals surface area contributed by atoms with Gasteiger partial charge in [0.05, 0.1) is 12.3 Å². The molecule has 0 aliphatic heterocycles. The van der Waals surface area contributed by atoms with Gasteiger partial charge in [0.15, 0.2) is 0 Å². The first-order valence-electron chi connectivity index (χ1n) is 9.23. The second kappa shape index (κ2) is 8.10. The second-order valence-electron chi connectivity index (χ2n) is 7.72. The average molecular weight is 367 g/mol. The van der Waals surface area contributed by atoms with E-state index in [9.17, 15) is 19.5 Å². The first kappa shape index (κ1) is 20.3. The highest BCUT2D eigenvalue weighted by Crippen LogP contribution is 2.59. The van der Waals surface area contributed by atoms with E-state index in [2.05, 4.69) is 18.3 Å². The molecule has 1 amide bonds. The quantitative estimate of drug-likeness (QED) is 0.388. The van der Waals surface area contributed by atoms with Crippen LogP contribution in [0.5, 0.6) is 0 Å². The number of carboxylic acid groups (broad SMARTS) is 1. The van der Waals surface area contributed by atoms with Crippen LogP contribution in [0.2, 0.25) is 0 Å². The summed E-state index contributed by atoms with van der Waals surface area (Å²) in [7, 11) is 0. The Kier molecular flexibility index (Phi) is 6.31. The van der Waals surface area contributed by atoms with Crippen LogP contribution >= 0.6 is 0 Å². The fraction of sp³-hybridized carbons (Fsp3) is 0.737. The van der Waals surface area contributed by atoms with Gasteiger partial charge in [0.1, 0.15) is 0 Å². The predicted octanol–water partition coefficient (Wildman–Crippen LogP) is 3.10. The molecule has 0 aromatic carbocycles. The summed E-state index contributed by atoms with van der Waals surface area (Å²) >= 11 is 0. The topological polar surface area (TPSA) is 102 Å². The first-order chi connectivity index (χ1) is 12.2. The normalized spacial score (nSPS) is 27.8. The van der Waals surface area contributed by atoms with Crippen molar-refractivity contribution in [2.45, 2.75) is 59.7 Å². The first-order valence-corrected chi connectivity index (χ1v) is 9.23. The molecule has 146 valence electrons. The van der Waals surface area contributed by atoms with E-state index >= 15 is 0 Å². The Hall–Kier alpha value is -2.05. The summed E-state index contributed by atoms with van der Waals surface area (Å²) in [6, 6.07) is 0. The summed E-state index contributed by atoms with van der Waals surface area (Å²) < 4.78 is 10.0. The van der Waals surface area contributed by atoms with Crippen molar-refractivity contribution in [1.82, 2.24) is 5.32 Å². The SMILES string of the molecule is CCC1=C[C@H]2[C@H](C1)C[C@@]2(CNC(=O)O[C@@H](C)OC(=O)C(C)C)CC(=O)O. The lowest BCUT2D eigenvalue weighted by molar-refractivity contribution is -0.169. The minimum atomic E-state index is -0.993. The van der Waals surface area contributed by atoms with Crippen LogP contribution in [-0.4, -0.2) is 36.0 Å². The van der Waals surface area contributed by atoms with Gasteiger partial charge in [-0.05, 0) is 31.1 Å². The molecule has 7 nitrogen and oxygen atoms in total. The monoisotopic (exact) mass is 367 g/mol. The maximum Gasteiger partial charge on any atom is 0.410 e. The minimum absolute atomic E-state index is 0.0137. The van der Waals surface area contributed by atoms with Gasteiger partial charge in [0.25, 0.3) is 0 Å². The number of fused-ring (bicyclic) bond motifs is 1. The van der Waals surface area contributed by atoms with Gasteiger partial charge in [-0.25, -0.2) is 4.79 Å². The highest BCUT2D eigenvalue weighted by atomic mass is 16.7. The lowest BCUT2D eigenvalue weighted by atomic mass is 9.53. The van der Waals surface area contributed by atoms with Crippen LogP contribution in [0.15, 0.2) is 11.6 Å². The third-order valence-corrected chi connectivity index (χ3v) is 5.39. The minimum Gasteiger partial charge on any atom is -0.481 e. The number of carbonyl (C=O) groups excluding carboxylic acids is 2. The van der Waals surface area contributed by atoms with Crippen LogP contribution in [0, 0.1) is 23.2 Å². The molecule has 2 aliphatic rings. The number of aliphatic carboxylic acids is 1. The number of esters is 1. The number of amides is 1. The number of ether oxygens (including phenoxy) is 2. The van der Waals surface area contributed by atoms with Crippen LogP contribution in [-0.2, 0) is 19.1 Å². The van der Waals surface area contributed by atoms with E-state index in [1.165, 1.54) is 12.5 Å². The highest BCUT2D eigenvalue weighted by Gasteiger charge is 2.55. The lowest BCUT2D eigenvalue weighted by Crippen LogP contribution is -2.53. The summed E-state index contributed by atoms with van der Waals surface area (Å²) in [6.45, 7) is 7.19. The Bertz CT molecular complexity index is 599. The molecule has 0 heterocycles. The van der Waals surface area contributed by atoms with E-state index in [0.29, 0.717) is 5.92 Å². The number of carbonyl (C=O) groups is 3. The smallest absolute Gasteiger partial charge is 0.410 e. The molecule has 1 saturated carbocycles. The van der Waals surface area contributed by atoms with Crippen LogP contribution in [0.25, 0.3) is 0 Å². The molecule has 4 atom stereocenters. The Morgan fingerprint density at radius 1 is 1.31 bits per heavy atom. The van der Waals surface area contributed by atoms with Crippen molar-refractivity contribution in [1.29, 1.82) is 0 Å². The van der Waals surface area contributed by atoms with Gasteiger partial charge in [-0.3, -0.25) is 9.59 Å². The van der Waals surface area contributed by atoms with Crippen molar-refractivity contribution in [3.8, 4) is 0 Å². The molecule has 0 saturated heterocycles. The molecule has 2 rings (SSSR count). The fourth-order valence-corrected chi connectivity index (χ4v) is 4.07. The molecule has 2 aliphatic carbocycles. The molecule has 0 aromatic heterocycles. The van der Waals surface area contributed by atoms with Gasteiger partial charge in [0, 0.05) is 18.9 Å². The second-order valence-corrected chi connectivity index (χ2v) is 7.72. The van der Waals surface area contributed by atoms with E-state index in [1.54, 1.807) is 13.8 Å². The molecule has 0 bridgehead atoms. The van der Waals surface area contributed by atoms with Crippen LogP contribution in [0.4, 0.5) is 4.79 Å². The molecule has 7 heteroatoms. The van der Waals surface area contributed by atoms with E-state index < -0.39 is 29.7 Å². The summed E-state index contributed by atoms with van der Waals surface area (Å²) in [5, 5.41) is 12.0. The van der Waals surface area contributed by atoms with Gasteiger partial charge in [0.2, 0.25) is 6.29 Å². The van der Waals surface area contributed by atoms with Crippen molar-refractivity contribution in [3.63, 3.8) is 0 Å². The fourth-order valence-electron chi connectivity index (χ4n) is 4.07. The molecular weight excluding hydrogens is 338 g/mol. The molecule has 0 aromatic rings. The number of allylic oxidation sites excluding steroid dienone is 2. The van der Waals surface area contributed by atoms with Crippen molar-refractivity contribution >= 4 is 18.0 Å². The number of nitrogens with one attached hydrogen (secondary N) is 1. The number of alkyl carbamates (subject to hydrolysis) is 1. The van der Waals surface area contributed by atoms with Crippen LogP contribution in [0.1, 0.15) is 53.4 Å². The maximum atomic E-state index is 12.0. The molecule has 0 spiro atoms. The molecule has 0 unspecified atom stereocenters. The average Bonchev–Trinajstić information content (AvgIpc) is 2.88. The van der Waals surface area contributed by atoms with Crippen molar-refractivity contribution in [2.24, 2.45) is 23.2 Å². The van der Waals surface area contributed by atoms with Gasteiger partial charge in [-0.1, -0.05) is 32.4 Å². The third kappa shape index (κ3) is 4.56. The Labute approximate surface area is 154 Å². The number of rotatable bonds is 8. The number of carboxylic acids is 1. The zero-order valence-electron chi connectivity index (χ0n) is 15.9. The molecular formula is C19H29NO6. The Morgan fingerprint density at radius 2 is 2.00 bits per heavy atom. The van der Waals surface area contributed by atoms with E-state index in [1.807, 2.05) is 0 Å². The standard InChI is InChI=1S/C19H29NO6/c1-5-13-6-14-8-19(9-16(21)22,15(14)7-13)10-20-18(24)26-12(4)25-17(23)11(2)3/h7,11-12,14-15H,5-6,8-10H2,1-4H3,(H,20,24)(H,21,22)/t12-,14+,15-,19-/m0/s1. The van der Waals surface area contributed by atoms with Crippen molar-refractivity contribution < 1.29 is 29.0 Å². The van der Waals surface area contributed by atoms with E-state index in [4.69, 9.17) is 9.47 Å². The van der Waals surface area contributed by atoms with Crippen molar-refractivity contribution in [3.05, 3.63) is 11.6 Å². The largest absolute Gasteiger partial charge is 0.481 e. The van der Waals surface area contributed by atoms with E-state index in [-0.39, 0.29) is 24.8 Å². The van der Waals surface area contributed by atoms with Crippen molar-refractivity contribution in [2.75, 3.05) is 6.54 Å². The number of hydrogen-bond donors (Lipinski definition) is 2. The summed E-state index contributed by atoms with van der Waals surface area (Å²) in [5.74, 6) is -0.955. The van der Waals surface area contributed by atoms with Gasteiger partial charge < -0.3 is 19.9 Å². The van der Waals surface area contributed by atoms with E-state index in [0.717, 1.165) is 19.3 Å². The number of hydrogen-bond acceptors (Lipinski definition) is 5. The zero-order chi connectivity index (χ0) is 19.5. The summed E-state index contributed by atoms with van der Waals surface area (Å²) in [6.07, 6.45) is 3.28. The molecule has 26 heavy (non-hydrogen) atoms. The molecule has 0 radical (unpaired) electrons. The summed E-state index contributed by atoms with van der Waals surface area (Å²) in [5.41, 5.74) is 0.897. The van der Waals surface area contributed by atoms with Crippen LogP contribution < -0.4 is 5.32 Å². The maximum absolute atomic E-state index is 12.0. The van der Waals surface area contributed by atoms with Gasteiger partial charge in [-0.15, -0.1) is 0 Å². The Balaban J connectivity index is 1.90. The molecule has 2 N–H and O–H groups in total. The summed E-state index contributed by atoms with van der Waals surface area (Å²) in [4.78, 5) is 34.8. The molecule has 1 fully saturated rings. The third-order valence-electron chi connectivity index (χ3n) is 5.39.